The van der Waals surface area contributed by atoms with E-state index in [0.717, 1.165) is 41.9 Å². The summed E-state index contributed by atoms with van der Waals surface area (Å²) in [5, 5.41) is 7.51. The number of hydrogen-bond acceptors (Lipinski definition) is 4. The summed E-state index contributed by atoms with van der Waals surface area (Å²) < 4.78 is 7.04. The fraction of sp³-hybridized carbons (Fsp3) is 0.526. The molecule has 6 nitrogen and oxygen atoms in total. The van der Waals surface area contributed by atoms with Crippen LogP contribution in [0.5, 0.6) is 0 Å². The van der Waals surface area contributed by atoms with Gasteiger partial charge in [0.2, 0.25) is 0 Å². The van der Waals surface area contributed by atoms with Gasteiger partial charge in [-0.2, -0.15) is 5.10 Å². The molecule has 0 saturated carbocycles. The van der Waals surface area contributed by atoms with Gasteiger partial charge in [-0.15, -0.1) is 0 Å². The molecule has 3 rings (SSSR count). The number of fused-ring (bicyclic) bond motifs is 1. The second-order valence-electron chi connectivity index (χ2n) is 6.56. The van der Waals surface area contributed by atoms with Gasteiger partial charge >= 0.3 is 0 Å². The lowest BCUT2D eigenvalue weighted by Crippen LogP contribution is -2.25. The first-order valence-corrected chi connectivity index (χ1v) is 8.89. The van der Waals surface area contributed by atoms with Crippen molar-refractivity contribution < 1.29 is 9.53 Å². The summed E-state index contributed by atoms with van der Waals surface area (Å²) in [6.07, 6.45) is 4.42. The number of rotatable bonds is 6. The van der Waals surface area contributed by atoms with E-state index in [-0.39, 0.29) is 5.91 Å². The van der Waals surface area contributed by atoms with E-state index in [1.165, 1.54) is 12.0 Å². The second kappa shape index (κ2) is 7.78. The van der Waals surface area contributed by atoms with E-state index in [1.807, 2.05) is 24.6 Å². The quantitative estimate of drug-likeness (QED) is 0.875. The molecule has 0 unspecified atom stereocenters. The van der Waals surface area contributed by atoms with Crippen molar-refractivity contribution in [2.45, 2.75) is 52.6 Å². The number of carbonyl (C=O) groups is 1. The minimum Gasteiger partial charge on any atom is -0.383 e. The Balaban J connectivity index is 1.67. The summed E-state index contributed by atoms with van der Waals surface area (Å²) in [5.41, 5.74) is 5.93. The lowest BCUT2D eigenvalue weighted by atomic mass is 9.96. The third-order valence-electron chi connectivity index (χ3n) is 4.88. The monoisotopic (exact) mass is 342 g/mol. The predicted octanol–water partition coefficient (Wildman–Crippen LogP) is 2.35. The van der Waals surface area contributed by atoms with Gasteiger partial charge in [-0.25, -0.2) is 4.98 Å². The van der Waals surface area contributed by atoms with E-state index >= 15 is 0 Å². The maximum Gasteiger partial charge on any atom is 0.270 e. The van der Waals surface area contributed by atoms with Crippen molar-refractivity contribution in [3.8, 4) is 0 Å². The molecule has 0 spiro atoms. The molecule has 25 heavy (non-hydrogen) atoms. The van der Waals surface area contributed by atoms with Gasteiger partial charge in [0.05, 0.1) is 18.8 Å². The van der Waals surface area contributed by atoms with Gasteiger partial charge in [0.15, 0.2) is 0 Å². The highest BCUT2D eigenvalue weighted by Crippen LogP contribution is 2.19. The van der Waals surface area contributed by atoms with Crippen molar-refractivity contribution in [1.82, 2.24) is 20.1 Å². The molecule has 0 radical (unpaired) electrons. The molecule has 0 atom stereocenters. The molecular formula is C19H26N4O2. The SMILES string of the molecule is COCCn1nc(C)c(CNC(=O)c2ccc3c(n2)CCCC3)c1C. The molecule has 0 aromatic carbocycles. The Labute approximate surface area is 148 Å². The van der Waals surface area contributed by atoms with Crippen molar-refractivity contribution in [3.63, 3.8) is 0 Å². The van der Waals surface area contributed by atoms with Crippen LogP contribution in [0.4, 0.5) is 0 Å². The number of ether oxygens (including phenoxy) is 1. The van der Waals surface area contributed by atoms with Crippen LogP contribution in [-0.4, -0.2) is 34.4 Å². The van der Waals surface area contributed by atoms with Crippen LogP contribution < -0.4 is 5.32 Å². The zero-order chi connectivity index (χ0) is 17.8. The number of methoxy groups -OCH3 is 1. The Bertz CT molecular complexity index is 767. The average Bonchev–Trinajstić information content (AvgIpc) is 2.90. The molecule has 2 aromatic rings. The molecule has 1 aliphatic carbocycles. The van der Waals surface area contributed by atoms with Crippen LogP contribution >= 0.6 is 0 Å². The summed E-state index contributed by atoms with van der Waals surface area (Å²) >= 11 is 0. The van der Waals surface area contributed by atoms with Gasteiger partial charge in [0.25, 0.3) is 5.91 Å². The van der Waals surface area contributed by atoms with E-state index in [2.05, 4.69) is 21.5 Å². The minimum atomic E-state index is -0.128. The highest BCUT2D eigenvalue weighted by Gasteiger charge is 2.16. The number of aromatic nitrogens is 3. The van der Waals surface area contributed by atoms with E-state index in [0.29, 0.717) is 25.4 Å². The van der Waals surface area contributed by atoms with Crippen molar-refractivity contribution in [1.29, 1.82) is 0 Å². The van der Waals surface area contributed by atoms with Crippen LogP contribution in [0.15, 0.2) is 12.1 Å². The number of hydrogen-bond donors (Lipinski definition) is 1. The summed E-state index contributed by atoms with van der Waals surface area (Å²) in [5.74, 6) is -0.128. The Kier molecular flexibility index (Phi) is 5.48. The third kappa shape index (κ3) is 3.90. The molecule has 0 bridgehead atoms. The zero-order valence-electron chi connectivity index (χ0n) is 15.3. The Morgan fingerprint density at radius 3 is 2.88 bits per heavy atom. The first kappa shape index (κ1) is 17.6. The number of aryl methyl sites for hydroxylation is 3. The summed E-state index contributed by atoms with van der Waals surface area (Å²) in [6.45, 7) is 5.78. The first-order valence-electron chi connectivity index (χ1n) is 8.89. The minimum absolute atomic E-state index is 0.128. The summed E-state index contributed by atoms with van der Waals surface area (Å²) in [7, 11) is 1.68. The molecule has 1 aliphatic rings. The maximum absolute atomic E-state index is 12.5. The summed E-state index contributed by atoms with van der Waals surface area (Å²) in [4.78, 5) is 17.1. The number of amides is 1. The Hall–Kier alpha value is -2.21. The predicted molar refractivity (Wildman–Crippen MR) is 95.6 cm³/mol. The van der Waals surface area contributed by atoms with Gasteiger partial charge in [-0.1, -0.05) is 6.07 Å². The molecule has 0 saturated heterocycles. The highest BCUT2D eigenvalue weighted by molar-refractivity contribution is 5.92. The number of pyridine rings is 1. The fourth-order valence-corrected chi connectivity index (χ4v) is 3.35. The highest BCUT2D eigenvalue weighted by atomic mass is 16.5. The van der Waals surface area contributed by atoms with Crippen LogP contribution in [0.25, 0.3) is 0 Å². The third-order valence-corrected chi connectivity index (χ3v) is 4.88. The molecule has 6 heteroatoms. The van der Waals surface area contributed by atoms with Crippen LogP contribution in [0.1, 0.15) is 51.5 Å². The topological polar surface area (TPSA) is 69.0 Å². The Morgan fingerprint density at radius 1 is 1.28 bits per heavy atom. The number of carbonyl (C=O) groups excluding carboxylic acids is 1. The van der Waals surface area contributed by atoms with Crippen molar-refractivity contribution in [3.05, 3.63) is 46.0 Å². The van der Waals surface area contributed by atoms with E-state index in [1.54, 1.807) is 7.11 Å². The fourth-order valence-electron chi connectivity index (χ4n) is 3.35. The Morgan fingerprint density at radius 2 is 2.08 bits per heavy atom. The van der Waals surface area contributed by atoms with E-state index in [4.69, 9.17) is 4.74 Å². The van der Waals surface area contributed by atoms with Gasteiger partial charge < -0.3 is 10.1 Å². The van der Waals surface area contributed by atoms with Crippen molar-refractivity contribution >= 4 is 5.91 Å². The zero-order valence-corrected chi connectivity index (χ0v) is 15.3. The van der Waals surface area contributed by atoms with Crippen LogP contribution in [-0.2, 0) is 30.7 Å². The number of nitrogens with zero attached hydrogens (tertiary/aromatic N) is 3. The lowest BCUT2D eigenvalue weighted by molar-refractivity contribution is 0.0945. The van der Waals surface area contributed by atoms with Crippen molar-refractivity contribution in [2.75, 3.05) is 13.7 Å². The molecule has 1 amide bonds. The molecule has 134 valence electrons. The molecule has 1 N–H and O–H groups in total. The number of nitrogens with one attached hydrogen (secondary N) is 1. The molecule has 0 fully saturated rings. The smallest absolute Gasteiger partial charge is 0.270 e. The van der Waals surface area contributed by atoms with Gasteiger partial charge in [0, 0.05) is 30.6 Å². The average molecular weight is 342 g/mol. The van der Waals surface area contributed by atoms with Gasteiger partial charge in [-0.05, 0) is 51.2 Å². The second-order valence-corrected chi connectivity index (χ2v) is 6.56. The van der Waals surface area contributed by atoms with Crippen LogP contribution in [0.2, 0.25) is 0 Å². The first-order chi connectivity index (χ1) is 12.1. The van der Waals surface area contributed by atoms with E-state index in [9.17, 15) is 4.79 Å². The largest absolute Gasteiger partial charge is 0.383 e. The molecule has 2 aromatic heterocycles. The standard InChI is InChI=1S/C19H26N4O2/c1-13-16(14(2)23(22-13)10-11-25-3)12-20-19(24)18-9-8-15-6-4-5-7-17(15)21-18/h8-9H,4-7,10-12H2,1-3H3,(H,20,24). The van der Waals surface area contributed by atoms with Gasteiger partial charge in [-0.3, -0.25) is 9.48 Å². The van der Waals surface area contributed by atoms with Crippen LogP contribution in [0, 0.1) is 13.8 Å². The maximum atomic E-state index is 12.5. The van der Waals surface area contributed by atoms with Crippen LogP contribution in [0.3, 0.4) is 0 Å². The van der Waals surface area contributed by atoms with E-state index < -0.39 is 0 Å². The van der Waals surface area contributed by atoms with Gasteiger partial charge in [0.1, 0.15) is 5.69 Å². The summed E-state index contributed by atoms with van der Waals surface area (Å²) in [6, 6.07) is 3.89. The molecular weight excluding hydrogens is 316 g/mol. The normalized spacial score (nSPS) is 13.6. The molecule has 0 aliphatic heterocycles. The lowest BCUT2D eigenvalue weighted by Gasteiger charge is -2.15. The van der Waals surface area contributed by atoms with Crippen molar-refractivity contribution in [2.24, 2.45) is 0 Å². The molecule has 2 heterocycles.